The van der Waals surface area contributed by atoms with Gasteiger partial charge in [-0.2, -0.15) is 0 Å². The van der Waals surface area contributed by atoms with Gasteiger partial charge in [-0.15, -0.1) is 0 Å². The van der Waals surface area contributed by atoms with Crippen LogP contribution in [0.1, 0.15) is 16.7 Å². The maximum atomic E-state index is 12.0. The molecule has 7 nitrogen and oxygen atoms in total. The number of ether oxygens (including phenoxy) is 1. The third-order valence-electron chi connectivity index (χ3n) is 3.49. The molecule has 24 heavy (non-hydrogen) atoms. The number of nitroso groups, excluding NO2 is 1. The fourth-order valence-corrected chi connectivity index (χ4v) is 2.30. The molecule has 2 rings (SSSR count). The highest BCUT2D eigenvalue weighted by molar-refractivity contribution is 5.87. The maximum Gasteiger partial charge on any atom is 0.411 e. The second-order valence-corrected chi connectivity index (χ2v) is 5.09. The summed E-state index contributed by atoms with van der Waals surface area (Å²) in [6.45, 7) is -0.648. The first-order valence-corrected chi connectivity index (χ1v) is 7.31. The largest absolute Gasteiger partial charge is 0.444 e. The lowest BCUT2D eigenvalue weighted by Gasteiger charge is -2.13. The minimum atomic E-state index is -0.742. The molecule has 0 aliphatic heterocycles. The zero-order valence-electron chi connectivity index (χ0n) is 13.2. The van der Waals surface area contributed by atoms with Gasteiger partial charge in [0.1, 0.15) is 6.61 Å². The van der Waals surface area contributed by atoms with Crippen LogP contribution >= 0.6 is 0 Å². The number of anilines is 1. The molecule has 0 radical (unpaired) electrons. The number of carbonyl (C=O) groups is 1. The molecule has 0 bridgehead atoms. The van der Waals surface area contributed by atoms with Gasteiger partial charge in [-0.3, -0.25) is 5.32 Å². The number of hydrogen-bond acceptors (Lipinski definition) is 5. The zero-order valence-corrected chi connectivity index (χ0v) is 13.2. The topological polar surface area (TPSA) is 98.9 Å². The van der Waals surface area contributed by atoms with Crippen molar-refractivity contribution < 1.29 is 24.5 Å². The van der Waals surface area contributed by atoms with Gasteiger partial charge in [0, 0.05) is 26.9 Å². The van der Waals surface area contributed by atoms with E-state index in [1.165, 1.54) is 7.05 Å². The van der Waals surface area contributed by atoms with Crippen LogP contribution in [0, 0.1) is 4.91 Å². The van der Waals surface area contributed by atoms with Crippen LogP contribution in [0.3, 0.4) is 0 Å². The summed E-state index contributed by atoms with van der Waals surface area (Å²) >= 11 is 0. The van der Waals surface area contributed by atoms with Crippen molar-refractivity contribution in [1.82, 2.24) is 0 Å². The van der Waals surface area contributed by atoms with Crippen LogP contribution in [0.15, 0.2) is 42.5 Å². The molecule has 126 valence electrons. The van der Waals surface area contributed by atoms with E-state index in [0.29, 0.717) is 32.8 Å². The van der Waals surface area contributed by atoms with E-state index in [1.54, 1.807) is 42.5 Å². The molecule has 0 aromatic heterocycles. The molecule has 0 aliphatic carbocycles. The Morgan fingerprint density at radius 1 is 1.04 bits per heavy atom. The average Bonchev–Trinajstić information content (AvgIpc) is 2.60. The lowest BCUT2D eigenvalue weighted by molar-refractivity contribution is -0.429. The number of nitrogens with zero attached hydrogens (tertiary/aromatic N) is 1. The normalized spacial score (nSPS) is 10.3. The lowest BCUT2D eigenvalue weighted by atomic mass is 10.1. The van der Waals surface area contributed by atoms with Crippen molar-refractivity contribution in [3.05, 3.63) is 64.1 Å². The van der Waals surface area contributed by atoms with E-state index >= 15 is 0 Å². The maximum absolute atomic E-state index is 12.0. The van der Waals surface area contributed by atoms with Crippen LogP contribution in [0.25, 0.3) is 0 Å². The Balaban J connectivity index is 2.09. The highest BCUT2D eigenvalue weighted by Gasteiger charge is 2.16. The van der Waals surface area contributed by atoms with Crippen LogP contribution in [0.5, 0.6) is 0 Å². The zero-order chi connectivity index (χ0) is 17.5. The first kappa shape index (κ1) is 17.6. The highest BCUT2D eigenvalue weighted by Crippen LogP contribution is 2.22. The van der Waals surface area contributed by atoms with E-state index in [-0.39, 0.29) is 19.8 Å². The minimum absolute atomic E-state index is 0.0790. The van der Waals surface area contributed by atoms with Gasteiger partial charge in [-0.05, 0) is 6.07 Å². The number of benzene rings is 2. The van der Waals surface area contributed by atoms with Crippen molar-refractivity contribution in [3.8, 4) is 0 Å². The number of amides is 1. The quantitative estimate of drug-likeness (QED) is 0.706. The summed E-state index contributed by atoms with van der Waals surface area (Å²) in [4.78, 5) is 23.5. The molecule has 0 saturated carbocycles. The lowest BCUT2D eigenvalue weighted by Crippen LogP contribution is -2.16. The van der Waals surface area contributed by atoms with Crippen molar-refractivity contribution in [2.75, 3.05) is 12.4 Å². The van der Waals surface area contributed by atoms with Crippen LogP contribution in [0.4, 0.5) is 16.2 Å². The molecule has 0 unspecified atom stereocenters. The molecule has 0 atom stereocenters. The SMILES string of the molecule is C[N+](=O)c1ccccc1COC(=O)Nc1c(CO)cccc1CO. The number of aliphatic hydroxyl groups excluding tert-OH is 2. The summed E-state index contributed by atoms with van der Waals surface area (Å²) in [6, 6.07) is 11.7. The van der Waals surface area contributed by atoms with E-state index < -0.39 is 6.09 Å². The number of aliphatic hydroxyl groups is 2. The molecule has 0 heterocycles. The van der Waals surface area contributed by atoms with Crippen molar-refractivity contribution in [1.29, 1.82) is 0 Å². The molecule has 0 saturated heterocycles. The summed E-state index contributed by atoms with van der Waals surface area (Å²) in [6.07, 6.45) is -0.742. The molecule has 2 aromatic carbocycles. The summed E-state index contributed by atoms with van der Waals surface area (Å²) in [7, 11) is 1.37. The third-order valence-corrected chi connectivity index (χ3v) is 3.49. The minimum Gasteiger partial charge on any atom is -0.444 e. The van der Waals surface area contributed by atoms with E-state index in [9.17, 15) is 19.9 Å². The number of nitrogens with one attached hydrogen (secondary N) is 1. The molecular formula is C17H19N2O5+. The fourth-order valence-electron chi connectivity index (χ4n) is 2.30. The van der Waals surface area contributed by atoms with E-state index in [1.807, 2.05) is 0 Å². The molecule has 2 aromatic rings. The Kier molecular flexibility index (Phi) is 6.00. The van der Waals surface area contributed by atoms with Crippen molar-refractivity contribution in [2.45, 2.75) is 19.8 Å². The van der Waals surface area contributed by atoms with Crippen molar-refractivity contribution >= 4 is 17.5 Å². The molecule has 0 spiro atoms. The Bertz CT molecular complexity index is 723. The van der Waals surface area contributed by atoms with Gasteiger partial charge in [0.05, 0.1) is 24.5 Å². The predicted octanol–water partition coefficient (Wildman–Crippen LogP) is 2.46. The van der Waals surface area contributed by atoms with E-state index in [4.69, 9.17) is 4.74 Å². The predicted molar refractivity (Wildman–Crippen MR) is 87.7 cm³/mol. The van der Waals surface area contributed by atoms with Gasteiger partial charge in [-0.25, -0.2) is 4.79 Å². The summed E-state index contributed by atoms with van der Waals surface area (Å²) in [5.74, 6) is 0. The smallest absolute Gasteiger partial charge is 0.411 e. The molecular weight excluding hydrogens is 312 g/mol. The molecule has 7 heteroatoms. The van der Waals surface area contributed by atoms with E-state index in [2.05, 4.69) is 5.32 Å². The first-order valence-electron chi connectivity index (χ1n) is 7.31. The van der Waals surface area contributed by atoms with Crippen LogP contribution in [-0.2, 0) is 24.6 Å². The van der Waals surface area contributed by atoms with Gasteiger partial charge >= 0.3 is 6.09 Å². The average molecular weight is 331 g/mol. The van der Waals surface area contributed by atoms with Crippen LogP contribution < -0.4 is 5.32 Å². The number of hydrogen-bond donors (Lipinski definition) is 3. The number of rotatable bonds is 6. The van der Waals surface area contributed by atoms with Gasteiger partial charge in [0.15, 0.2) is 7.05 Å². The van der Waals surface area contributed by atoms with Gasteiger partial charge < -0.3 is 14.9 Å². The number of para-hydroxylation sites is 2. The molecule has 1 amide bonds. The first-order chi connectivity index (χ1) is 11.6. The highest BCUT2D eigenvalue weighted by atomic mass is 16.5. The Morgan fingerprint density at radius 3 is 2.21 bits per heavy atom. The molecule has 0 aliphatic rings. The van der Waals surface area contributed by atoms with Gasteiger partial charge in [-0.1, -0.05) is 30.3 Å². The summed E-state index contributed by atoms with van der Waals surface area (Å²) < 4.78 is 5.84. The second-order valence-electron chi connectivity index (χ2n) is 5.09. The van der Waals surface area contributed by atoms with Crippen molar-refractivity contribution in [2.24, 2.45) is 0 Å². The Morgan fingerprint density at radius 2 is 1.62 bits per heavy atom. The Hall–Kier alpha value is -2.77. The second kappa shape index (κ2) is 8.19. The molecule has 3 N–H and O–H groups in total. The Labute approximate surface area is 139 Å². The summed E-state index contributed by atoms with van der Waals surface area (Å²) in [5, 5.41) is 21.2. The van der Waals surface area contributed by atoms with Crippen LogP contribution in [-0.4, -0.2) is 28.1 Å². The monoisotopic (exact) mass is 331 g/mol. The van der Waals surface area contributed by atoms with E-state index in [0.717, 1.165) is 0 Å². The van der Waals surface area contributed by atoms with Gasteiger partial charge in [0.2, 0.25) is 0 Å². The standard InChI is InChI=1S/C17H18N2O5/c1-19(23)15-8-3-2-5-14(15)11-24-17(22)18-16-12(9-20)6-4-7-13(16)10-21/h2-8,20-21H,9-11H2,1H3/p+1. The summed E-state index contributed by atoms with van der Waals surface area (Å²) in [5.41, 5.74) is 2.25. The molecule has 0 fully saturated rings. The third kappa shape index (κ3) is 4.15. The van der Waals surface area contributed by atoms with Gasteiger partial charge in [0.25, 0.3) is 5.69 Å². The van der Waals surface area contributed by atoms with Crippen LogP contribution in [0.2, 0.25) is 0 Å². The van der Waals surface area contributed by atoms with Crippen molar-refractivity contribution in [3.63, 3.8) is 0 Å². The fraction of sp³-hybridized carbons (Fsp3) is 0.235. The number of carbonyl (C=O) groups excluding carboxylic acids is 1.